The molecule has 0 heterocycles. The van der Waals surface area contributed by atoms with E-state index in [0.717, 1.165) is 0 Å². The Balaban J connectivity index is 0.000000187. The molecular weight excluding hydrogens is 655 g/mol. The molecule has 0 atom stereocenters. The van der Waals surface area contributed by atoms with Crippen LogP contribution in [-0.4, -0.2) is 9.98 Å². The van der Waals surface area contributed by atoms with Crippen molar-refractivity contribution in [2.24, 2.45) is 0 Å². The third-order valence-electron chi connectivity index (χ3n) is 6.48. The SMILES string of the molecule is Cc1cc2ccc3ccccc3c2[cH-]1.[CH3][Ge]([CH3])=[Zr+2].[Cl-].[Cl-].c1ccc(-c2cc3ccc4ccccc4c3[cH-]2)cc1. The molecule has 0 nitrogen and oxygen atoms in total. The second kappa shape index (κ2) is 14.5. The van der Waals surface area contributed by atoms with Gasteiger partial charge in [-0.2, -0.15) is 6.07 Å². The third kappa shape index (κ3) is 7.53. The first-order chi connectivity index (χ1) is 18.0. The molecule has 0 N–H and O–H groups in total. The average Bonchev–Trinajstić information content (AvgIpc) is 3.53. The van der Waals surface area contributed by atoms with E-state index in [1.165, 1.54) is 59.8 Å². The van der Waals surface area contributed by atoms with Crippen molar-refractivity contribution in [1.82, 2.24) is 0 Å². The Morgan fingerprint density at radius 3 is 1.54 bits per heavy atom. The van der Waals surface area contributed by atoms with Gasteiger partial charge in [-0.05, 0) is 0 Å². The summed E-state index contributed by atoms with van der Waals surface area (Å²) in [6.45, 7) is 2.15. The van der Waals surface area contributed by atoms with Crippen molar-refractivity contribution in [3.8, 4) is 11.1 Å². The Hall–Kier alpha value is -2.15. The maximum Gasteiger partial charge on any atom is -0.0520 e. The van der Waals surface area contributed by atoms with E-state index in [1.54, 1.807) is 21.6 Å². The van der Waals surface area contributed by atoms with E-state index in [0.29, 0.717) is 0 Å². The van der Waals surface area contributed by atoms with Gasteiger partial charge in [0.2, 0.25) is 0 Å². The molecule has 0 saturated heterocycles. The minimum absolute atomic E-state index is 0. The van der Waals surface area contributed by atoms with Crippen LogP contribution < -0.4 is 24.8 Å². The number of fused-ring (bicyclic) bond motifs is 6. The number of hydrogen-bond acceptors (Lipinski definition) is 0. The van der Waals surface area contributed by atoms with Crippen LogP contribution in [0, 0.1) is 6.92 Å². The van der Waals surface area contributed by atoms with E-state index < -0.39 is 0 Å². The number of halogens is 2. The van der Waals surface area contributed by atoms with Crippen LogP contribution >= 0.6 is 0 Å². The van der Waals surface area contributed by atoms with Gasteiger partial charge in [0.25, 0.3) is 0 Å². The first kappa shape index (κ1) is 31.4. The molecule has 194 valence electrons. The Morgan fingerprint density at radius 1 is 0.538 bits per heavy atom. The van der Waals surface area contributed by atoms with Gasteiger partial charge in [-0.25, -0.2) is 0 Å². The Kier molecular flexibility index (Phi) is 11.6. The quantitative estimate of drug-likeness (QED) is 0.180. The van der Waals surface area contributed by atoms with Crippen molar-refractivity contribution in [2.75, 3.05) is 0 Å². The van der Waals surface area contributed by atoms with Crippen molar-refractivity contribution in [2.45, 2.75) is 18.4 Å². The summed E-state index contributed by atoms with van der Waals surface area (Å²) in [5, 5.41) is 10.7. The maximum absolute atomic E-state index is 2.37. The molecule has 4 heteroatoms. The van der Waals surface area contributed by atoms with Gasteiger partial charge in [0, 0.05) is 0 Å². The summed E-state index contributed by atoms with van der Waals surface area (Å²) in [7, 11) is -0.243. The average molecular weight is 685 g/mol. The molecule has 0 amide bonds. The van der Waals surface area contributed by atoms with Crippen molar-refractivity contribution >= 4 is 53.1 Å². The molecule has 7 aromatic carbocycles. The molecule has 0 saturated carbocycles. The minimum atomic E-state index is -0.243. The predicted octanol–water partition coefficient (Wildman–Crippen LogP) is 4.19. The molecular formula is C35H30Cl2GeZr-2. The van der Waals surface area contributed by atoms with Crippen LogP contribution in [0.5, 0.6) is 0 Å². The molecule has 0 spiro atoms. The van der Waals surface area contributed by atoms with E-state index >= 15 is 0 Å². The van der Waals surface area contributed by atoms with Crippen molar-refractivity contribution in [3.63, 3.8) is 0 Å². The number of hydrogen-bond donors (Lipinski definition) is 0. The number of benzene rings is 5. The zero-order valence-electron chi connectivity index (χ0n) is 22.4. The van der Waals surface area contributed by atoms with Crippen molar-refractivity contribution in [1.29, 1.82) is 0 Å². The molecule has 0 fully saturated rings. The summed E-state index contributed by atoms with van der Waals surface area (Å²) < 4.78 is 0. The standard InChI is InChI=1S/C19H13.C14H11.C2H6Ge.2ClH.Zr/c1-2-6-14(7-3-1)17-12-16-11-10-15-8-4-5-9-18(15)19(16)13-17;1-10-8-12-7-6-11-4-2-3-5-13(11)14(12)9-10;1-3-2;;;/h1-13H;2-9H,1H3;1-2H3;2*1H;/q2*-1;;;;+2/p-2. The molecule has 0 bridgehead atoms. The second-order valence-electron chi connectivity index (χ2n) is 9.72. The molecule has 0 aliphatic carbocycles. The summed E-state index contributed by atoms with van der Waals surface area (Å²) in [4.78, 5) is 0. The van der Waals surface area contributed by atoms with Crippen LogP contribution in [0.3, 0.4) is 0 Å². The van der Waals surface area contributed by atoms with Crippen LogP contribution in [-0.2, 0) is 21.6 Å². The van der Waals surface area contributed by atoms with Gasteiger partial charge >= 0.3 is 43.1 Å². The largest absolute Gasteiger partial charge is 1.00 e. The van der Waals surface area contributed by atoms with Crippen molar-refractivity contribution < 1.29 is 46.4 Å². The summed E-state index contributed by atoms with van der Waals surface area (Å²) in [5.74, 6) is 4.75. The van der Waals surface area contributed by atoms with E-state index in [4.69, 9.17) is 0 Å². The zero-order chi connectivity index (χ0) is 25.8. The Labute approximate surface area is 259 Å². The van der Waals surface area contributed by atoms with Crippen LogP contribution in [0.4, 0.5) is 0 Å². The normalized spacial score (nSPS) is 10.2. The predicted molar refractivity (Wildman–Crippen MR) is 162 cm³/mol. The molecule has 0 radical (unpaired) electrons. The first-order valence-corrected chi connectivity index (χ1v) is 24.3. The second-order valence-corrected chi connectivity index (χ2v) is 26.7. The molecule has 7 rings (SSSR count). The fraction of sp³-hybridized carbons (Fsp3) is 0.0857. The fourth-order valence-corrected chi connectivity index (χ4v) is 4.88. The summed E-state index contributed by atoms with van der Waals surface area (Å²) in [5.41, 5.74) is 3.92. The topological polar surface area (TPSA) is 0 Å². The van der Waals surface area contributed by atoms with Gasteiger partial charge in [0.15, 0.2) is 0 Å². The van der Waals surface area contributed by atoms with Crippen LogP contribution in [0.2, 0.25) is 11.5 Å². The number of aryl methyl sites for hydroxylation is 1. The van der Waals surface area contributed by atoms with Crippen LogP contribution in [0.25, 0.3) is 54.2 Å². The first-order valence-electron chi connectivity index (χ1n) is 12.7. The Bertz CT molecular complexity index is 1830. The summed E-state index contributed by atoms with van der Waals surface area (Å²) >= 11 is 1.80. The minimum Gasteiger partial charge on any atom is -1.00 e. The summed E-state index contributed by atoms with van der Waals surface area (Å²) in [6, 6.07) is 45.6. The van der Waals surface area contributed by atoms with E-state index in [2.05, 4.69) is 146 Å². The fourth-order valence-electron chi connectivity index (χ4n) is 4.88. The van der Waals surface area contributed by atoms with E-state index in [9.17, 15) is 0 Å². The number of rotatable bonds is 1. The zero-order valence-corrected chi connectivity index (χ0v) is 28.4. The maximum atomic E-state index is 2.37. The molecule has 0 aliphatic heterocycles. The van der Waals surface area contributed by atoms with Gasteiger partial charge in [-0.3, -0.25) is 0 Å². The molecule has 0 aliphatic rings. The van der Waals surface area contributed by atoms with Crippen LogP contribution in [0.1, 0.15) is 5.56 Å². The van der Waals surface area contributed by atoms with Gasteiger partial charge in [0.1, 0.15) is 0 Å². The molecule has 39 heavy (non-hydrogen) atoms. The summed E-state index contributed by atoms with van der Waals surface area (Å²) in [6.07, 6.45) is 0. The molecule has 7 aromatic rings. The third-order valence-corrected chi connectivity index (χ3v) is 6.48. The van der Waals surface area contributed by atoms with Gasteiger partial charge < -0.3 is 24.8 Å². The van der Waals surface area contributed by atoms with E-state index in [-0.39, 0.29) is 34.8 Å². The van der Waals surface area contributed by atoms with E-state index in [1.807, 2.05) is 0 Å². The van der Waals surface area contributed by atoms with Gasteiger partial charge in [-0.15, -0.1) is 56.9 Å². The van der Waals surface area contributed by atoms with Crippen LogP contribution in [0.15, 0.2) is 127 Å². The van der Waals surface area contributed by atoms with Gasteiger partial charge in [0.05, 0.1) is 0 Å². The Morgan fingerprint density at radius 2 is 0.974 bits per heavy atom. The molecule has 0 unspecified atom stereocenters. The molecule has 0 aromatic heterocycles. The smallest absolute Gasteiger partial charge is 0.0520 e. The van der Waals surface area contributed by atoms with Gasteiger partial charge in [-0.1, -0.05) is 131 Å². The van der Waals surface area contributed by atoms with Crippen molar-refractivity contribution in [3.05, 3.63) is 133 Å². The monoisotopic (exact) mass is 684 g/mol.